The number of para-hydroxylation sites is 2. The smallest absolute Gasteiger partial charge is 0.161 e. The van der Waals surface area contributed by atoms with Crippen molar-refractivity contribution >= 4 is 0 Å². The second-order valence-corrected chi connectivity index (χ2v) is 5.72. The first kappa shape index (κ1) is 16.1. The lowest BCUT2D eigenvalue weighted by Crippen LogP contribution is -2.48. The summed E-state index contributed by atoms with van der Waals surface area (Å²) in [6.45, 7) is 5.75. The van der Waals surface area contributed by atoms with Crippen LogP contribution in [0.5, 0.6) is 11.5 Å². The van der Waals surface area contributed by atoms with Gasteiger partial charge in [-0.3, -0.25) is 4.90 Å². The van der Waals surface area contributed by atoms with Crippen LogP contribution in [0.25, 0.3) is 0 Å². The SMILES string of the molecule is CCC1CCN(CCOc2ccccc2OC)C(CN)C1. The molecule has 1 aromatic rings. The van der Waals surface area contributed by atoms with Crippen molar-refractivity contribution in [3.8, 4) is 11.5 Å². The number of nitrogens with zero attached hydrogens (tertiary/aromatic N) is 1. The molecular weight excluding hydrogens is 264 g/mol. The van der Waals surface area contributed by atoms with Crippen molar-refractivity contribution in [1.29, 1.82) is 0 Å². The van der Waals surface area contributed by atoms with Crippen molar-refractivity contribution < 1.29 is 9.47 Å². The molecule has 2 atom stereocenters. The molecular formula is C17H28N2O2. The molecule has 0 bridgehead atoms. The van der Waals surface area contributed by atoms with Crippen LogP contribution in [0.3, 0.4) is 0 Å². The van der Waals surface area contributed by atoms with E-state index in [4.69, 9.17) is 15.2 Å². The second kappa shape index (κ2) is 8.25. The molecule has 118 valence electrons. The van der Waals surface area contributed by atoms with E-state index in [2.05, 4.69) is 11.8 Å². The Labute approximate surface area is 128 Å². The van der Waals surface area contributed by atoms with E-state index in [0.29, 0.717) is 12.6 Å². The third kappa shape index (κ3) is 4.35. The molecule has 1 fully saturated rings. The van der Waals surface area contributed by atoms with Gasteiger partial charge in [0.25, 0.3) is 0 Å². The van der Waals surface area contributed by atoms with Gasteiger partial charge in [-0.2, -0.15) is 0 Å². The van der Waals surface area contributed by atoms with E-state index in [0.717, 1.165) is 37.1 Å². The minimum absolute atomic E-state index is 0.505. The fraction of sp³-hybridized carbons (Fsp3) is 0.647. The lowest BCUT2D eigenvalue weighted by molar-refractivity contribution is 0.0963. The van der Waals surface area contributed by atoms with Gasteiger partial charge >= 0.3 is 0 Å². The fourth-order valence-corrected chi connectivity index (χ4v) is 3.10. The van der Waals surface area contributed by atoms with Gasteiger partial charge in [0, 0.05) is 19.1 Å². The number of piperidine rings is 1. The fourth-order valence-electron chi connectivity index (χ4n) is 3.10. The van der Waals surface area contributed by atoms with Crippen molar-refractivity contribution in [2.75, 3.05) is 33.4 Å². The van der Waals surface area contributed by atoms with Gasteiger partial charge in [0.2, 0.25) is 0 Å². The predicted molar refractivity (Wildman–Crippen MR) is 85.9 cm³/mol. The molecule has 21 heavy (non-hydrogen) atoms. The van der Waals surface area contributed by atoms with E-state index < -0.39 is 0 Å². The van der Waals surface area contributed by atoms with Crippen LogP contribution in [0.15, 0.2) is 24.3 Å². The summed E-state index contributed by atoms with van der Waals surface area (Å²) in [6, 6.07) is 8.29. The zero-order valence-electron chi connectivity index (χ0n) is 13.3. The minimum atomic E-state index is 0.505. The summed E-state index contributed by atoms with van der Waals surface area (Å²) < 4.78 is 11.2. The molecule has 0 aromatic heterocycles. The van der Waals surface area contributed by atoms with E-state index in [-0.39, 0.29) is 0 Å². The molecule has 4 heteroatoms. The number of nitrogens with two attached hydrogens (primary N) is 1. The molecule has 1 aromatic carbocycles. The summed E-state index contributed by atoms with van der Waals surface area (Å²) in [6.07, 6.45) is 3.77. The third-order valence-electron chi connectivity index (χ3n) is 4.50. The van der Waals surface area contributed by atoms with E-state index in [1.54, 1.807) is 7.11 Å². The van der Waals surface area contributed by atoms with Gasteiger partial charge in [-0.15, -0.1) is 0 Å². The molecule has 4 nitrogen and oxygen atoms in total. The Morgan fingerprint density at radius 2 is 2.05 bits per heavy atom. The summed E-state index contributed by atoms with van der Waals surface area (Å²) in [7, 11) is 1.67. The van der Waals surface area contributed by atoms with Gasteiger partial charge in [-0.25, -0.2) is 0 Å². The van der Waals surface area contributed by atoms with Crippen molar-refractivity contribution in [3.05, 3.63) is 24.3 Å². The lowest BCUT2D eigenvalue weighted by atomic mass is 9.89. The summed E-state index contributed by atoms with van der Waals surface area (Å²) in [4.78, 5) is 2.47. The molecule has 1 aliphatic rings. The highest BCUT2D eigenvalue weighted by Crippen LogP contribution is 2.27. The van der Waals surface area contributed by atoms with E-state index in [1.807, 2.05) is 24.3 Å². The summed E-state index contributed by atoms with van der Waals surface area (Å²) >= 11 is 0. The van der Waals surface area contributed by atoms with Gasteiger partial charge < -0.3 is 15.2 Å². The van der Waals surface area contributed by atoms with Gasteiger partial charge in [0.1, 0.15) is 6.61 Å². The summed E-state index contributed by atoms with van der Waals surface area (Å²) in [5.41, 5.74) is 5.94. The van der Waals surface area contributed by atoms with Crippen LogP contribution in [0, 0.1) is 5.92 Å². The van der Waals surface area contributed by atoms with Crippen LogP contribution >= 0.6 is 0 Å². The Hall–Kier alpha value is -1.26. The summed E-state index contributed by atoms with van der Waals surface area (Å²) in [5, 5.41) is 0. The molecule has 2 rings (SSSR count). The first-order chi connectivity index (χ1) is 10.3. The van der Waals surface area contributed by atoms with Crippen LogP contribution in [0.4, 0.5) is 0 Å². The number of hydrogen-bond acceptors (Lipinski definition) is 4. The zero-order valence-corrected chi connectivity index (χ0v) is 13.3. The molecule has 0 spiro atoms. The Morgan fingerprint density at radius 3 is 2.71 bits per heavy atom. The maximum Gasteiger partial charge on any atom is 0.161 e. The highest BCUT2D eigenvalue weighted by atomic mass is 16.5. The van der Waals surface area contributed by atoms with E-state index >= 15 is 0 Å². The molecule has 2 N–H and O–H groups in total. The van der Waals surface area contributed by atoms with Crippen LogP contribution in [0.1, 0.15) is 26.2 Å². The Morgan fingerprint density at radius 1 is 1.29 bits per heavy atom. The lowest BCUT2D eigenvalue weighted by Gasteiger charge is -2.38. The molecule has 1 aliphatic heterocycles. The van der Waals surface area contributed by atoms with Crippen molar-refractivity contribution in [2.24, 2.45) is 11.7 Å². The highest BCUT2D eigenvalue weighted by Gasteiger charge is 2.26. The standard InChI is InChI=1S/C17H28N2O2/c1-3-14-8-9-19(15(12-14)13-18)10-11-21-17-7-5-4-6-16(17)20-2/h4-7,14-15H,3,8-13,18H2,1-2H3. The van der Waals surface area contributed by atoms with E-state index in [1.165, 1.54) is 19.3 Å². The molecule has 0 aliphatic carbocycles. The number of ether oxygens (including phenoxy) is 2. The van der Waals surface area contributed by atoms with Gasteiger partial charge in [-0.05, 0) is 37.4 Å². The maximum absolute atomic E-state index is 5.94. The quantitative estimate of drug-likeness (QED) is 0.839. The monoisotopic (exact) mass is 292 g/mol. The largest absolute Gasteiger partial charge is 0.493 e. The van der Waals surface area contributed by atoms with Crippen LogP contribution < -0.4 is 15.2 Å². The highest BCUT2D eigenvalue weighted by molar-refractivity contribution is 5.39. The molecule has 0 radical (unpaired) electrons. The number of rotatable bonds is 7. The number of likely N-dealkylation sites (tertiary alicyclic amines) is 1. The van der Waals surface area contributed by atoms with Crippen molar-refractivity contribution in [1.82, 2.24) is 4.90 Å². The average molecular weight is 292 g/mol. The van der Waals surface area contributed by atoms with Crippen LogP contribution in [-0.2, 0) is 0 Å². The third-order valence-corrected chi connectivity index (χ3v) is 4.50. The molecule has 0 amide bonds. The first-order valence-electron chi connectivity index (χ1n) is 7.98. The maximum atomic E-state index is 5.94. The molecule has 1 saturated heterocycles. The van der Waals surface area contributed by atoms with Gasteiger partial charge in [0.05, 0.1) is 7.11 Å². The molecule has 1 heterocycles. The van der Waals surface area contributed by atoms with Crippen LogP contribution in [0.2, 0.25) is 0 Å². The van der Waals surface area contributed by atoms with Gasteiger partial charge in [0.15, 0.2) is 11.5 Å². The zero-order chi connectivity index (χ0) is 15.1. The number of benzene rings is 1. The van der Waals surface area contributed by atoms with Crippen molar-refractivity contribution in [2.45, 2.75) is 32.2 Å². The van der Waals surface area contributed by atoms with Gasteiger partial charge in [-0.1, -0.05) is 25.5 Å². The predicted octanol–water partition coefficient (Wildman–Crippen LogP) is 2.52. The topological polar surface area (TPSA) is 47.7 Å². The Kier molecular flexibility index (Phi) is 6.33. The minimum Gasteiger partial charge on any atom is -0.493 e. The first-order valence-corrected chi connectivity index (χ1v) is 7.98. The van der Waals surface area contributed by atoms with Crippen LogP contribution in [-0.4, -0.2) is 44.3 Å². The number of hydrogen-bond donors (Lipinski definition) is 1. The number of methoxy groups -OCH3 is 1. The normalized spacial score (nSPS) is 23.0. The Bertz CT molecular complexity index is 425. The average Bonchev–Trinajstić information content (AvgIpc) is 2.55. The Balaban J connectivity index is 1.82. The molecule has 2 unspecified atom stereocenters. The second-order valence-electron chi connectivity index (χ2n) is 5.72. The van der Waals surface area contributed by atoms with Crippen molar-refractivity contribution in [3.63, 3.8) is 0 Å². The molecule has 0 saturated carbocycles. The summed E-state index contributed by atoms with van der Waals surface area (Å²) in [5.74, 6) is 2.44. The van der Waals surface area contributed by atoms with E-state index in [9.17, 15) is 0 Å².